The molecule has 3 N–H and O–H groups in total. The van der Waals surface area contributed by atoms with Gasteiger partial charge < -0.3 is 20.5 Å². The van der Waals surface area contributed by atoms with Gasteiger partial charge in [-0.3, -0.25) is 9.59 Å². The van der Waals surface area contributed by atoms with E-state index in [2.05, 4.69) is 31.0 Å². The molecule has 42 heavy (non-hydrogen) atoms. The number of nitrogens with zero attached hydrogens (tertiary/aromatic N) is 6. The molecule has 2 amide bonds. The number of rotatable bonds is 11. The van der Waals surface area contributed by atoms with Gasteiger partial charge in [-0.15, -0.1) is 15.3 Å². The molecule has 1 atom stereocenters. The summed E-state index contributed by atoms with van der Waals surface area (Å²) in [7, 11) is 1.28. The van der Waals surface area contributed by atoms with Crippen molar-refractivity contribution in [1.29, 1.82) is 0 Å². The van der Waals surface area contributed by atoms with E-state index in [1.54, 1.807) is 43.3 Å². The number of carbonyl (C=O) groups excluding carboxylic acids is 3. The van der Waals surface area contributed by atoms with Crippen LogP contribution in [0.5, 0.6) is 5.75 Å². The molecule has 2 aromatic heterocycles. The smallest absolute Gasteiger partial charge is 0.337 e. The van der Waals surface area contributed by atoms with Crippen LogP contribution in [0.1, 0.15) is 40.9 Å². The van der Waals surface area contributed by atoms with Crippen LogP contribution in [0.25, 0.3) is 23.0 Å². The fourth-order valence-electron chi connectivity index (χ4n) is 3.99. The first-order chi connectivity index (χ1) is 20.2. The van der Waals surface area contributed by atoms with Gasteiger partial charge in [0, 0.05) is 27.8 Å². The number of tetrazole rings is 1. The summed E-state index contributed by atoms with van der Waals surface area (Å²) in [5.41, 5.74) is 8.01. The molecule has 0 aliphatic rings. The molecule has 0 aliphatic heterocycles. The first-order valence-corrected chi connectivity index (χ1v) is 13.1. The van der Waals surface area contributed by atoms with Crippen molar-refractivity contribution in [2.45, 2.75) is 19.4 Å². The summed E-state index contributed by atoms with van der Waals surface area (Å²) in [6.45, 7) is 2.09. The van der Waals surface area contributed by atoms with Gasteiger partial charge in [0.1, 0.15) is 12.1 Å². The number of methoxy groups -OCH3 is 1. The highest BCUT2D eigenvalue weighted by Crippen LogP contribution is 2.33. The van der Waals surface area contributed by atoms with Gasteiger partial charge in [-0.1, -0.05) is 23.2 Å². The lowest BCUT2D eigenvalue weighted by Crippen LogP contribution is -2.31. The first kappa shape index (κ1) is 30.1. The summed E-state index contributed by atoms with van der Waals surface area (Å²) in [5.74, 6) is -1.44. The summed E-state index contributed by atoms with van der Waals surface area (Å²) in [4.78, 5) is 37.0. The minimum absolute atomic E-state index is 0.0470. The van der Waals surface area contributed by atoms with E-state index in [0.717, 1.165) is 0 Å². The fraction of sp³-hybridized carbons (Fsp3) is 0.185. The molecule has 2 heterocycles. The van der Waals surface area contributed by atoms with Crippen molar-refractivity contribution in [2.75, 3.05) is 13.7 Å². The van der Waals surface area contributed by atoms with Crippen molar-refractivity contribution in [3.05, 3.63) is 81.7 Å². The summed E-state index contributed by atoms with van der Waals surface area (Å²) in [5, 5.41) is 22.4. The van der Waals surface area contributed by atoms with Crippen molar-refractivity contribution < 1.29 is 23.9 Å². The lowest BCUT2D eigenvalue weighted by Gasteiger charge is -2.19. The Kier molecular flexibility index (Phi) is 9.78. The van der Waals surface area contributed by atoms with Crippen LogP contribution in [0.4, 0.5) is 0 Å². The van der Waals surface area contributed by atoms with Crippen LogP contribution < -0.4 is 15.8 Å². The van der Waals surface area contributed by atoms with E-state index in [0.29, 0.717) is 45.5 Å². The summed E-state index contributed by atoms with van der Waals surface area (Å²) in [6.07, 6.45) is 3.90. The number of halogens is 2. The Morgan fingerprint density at radius 3 is 2.62 bits per heavy atom. The van der Waals surface area contributed by atoms with E-state index in [-0.39, 0.29) is 17.1 Å². The maximum absolute atomic E-state index is 13.0. The van der Waals surface area contributed by atoms with Gasteiger partial charge in [0.05, 0.1) is 43.1 Å². The largest absolute Gasteiger partial charge is 0.493 e. The molecular formula is C27H24Cl2N8O5. The standard InChI is InChI=1S/C27H24Cl2N8O5/c1-3-42-23-11-16(27(40)41-2)4-7-18(23)21-12-19(26(29)34-33-21)20(13-24(30)38)32-25(39)9-5-15-10-17(28)6-8-22(15)37-14-31-35-36-37/h4-12,14,20H,3,13H2,1-2H3,(H2,30,38)(H,32,39)/b9-5+. The van der Waals surface area contributed by atoms with Crippen molar-refractivity contribution in [3.8, 4) is 22.7 Å². The van der Waals surface area contributed by atoms with Crippen LogP contribution in [-0.4, -0.2) is 61.9 Å². The number of primary amides is 1. The zero-order chi connectivity index (χ0) is 30.2. The molecule has 0 saturated heterocycles. The molecule has 0 saturated carbocycles. The van der Waals surface area contributed by atoms with Crippen LogP contribution >= 0.6 is 23.2 Å². The van der Waals surface area contributed by atoms with Gasteiger partial charge in [0.2, 0.25) is 11.8 Å². The van der Waals surface area contributed by atoms with Gasteiger partial charge in [-0.05, 0) is 65.9 Å². The fourth-order valence-corrected chi connectivity index (χ4v) is 4.39. The molecular weight excluding hydrogens is 587 g/mol. The number of nitrogens with one attached hydrogen (secondary N) is 1. The van der Waals surface area contributed by atoms with Crippen molar-refractivity contribution >= 4 is 47.1 Å². The number of aromatic nitrogens is 6. The third-order valence-electron chi connectivity index (χ3n) is 5.85. The van der Waals surface area contributed by atoms with Crippen molar-refractivity contribution in [3.63, 3.8) is 0 Å². The predicted molar refractivity (Wildman–Crippen MR) is 153 cm³/mol. The van der Waals surface area contributed by atoms with E-state index >= 15 is 0 Å². The van der Waals surface area contributed by atoms with E-state index in [1.807, 2.05) is 0 Å². The number of esters is 1. The average molecular weight is 611 g/mol. The van der Waals surface area contributed by atoms with Gasteiger partial charge in [0.25, 0.3) is 0 Å². The van der Waals surface area contributed by atoms with Gasteiger partial charge in [-0.25, -0.2) is 4.79 Å². The zero-order valence-corrected chi connectivity index (χ0v) is 23.8. The van der Waals surface area contributed by atoms with Gasteiger partial charge in [0.15, 0.2) is 5.15 Å². The Balaban J connectivity index is 1.65. The lowest BCUT2D eigenvalue weighted by atomic mass is 10.0. The van der Waals surface area contributed by atoms with E-state index in [4.69, 9.17) is 38.4 Å². The van der Waals surface area contributed by atoms with Crippen LogP contribution in [0.15, 0.2) is 54.9 Å². The van der Waals surface area contributed by atoms with Crippen LogP contribution in [0, 0.1) is 0 Å². The number of ether oxygens (including phenoxy) is 2. The minimum Gasteiger partial charge on any atom is -0.493 e. The number of amides is 2. The molecule has 0 fully saturated rings. The molecule has 4 rings (SSSR count). The number of nitrogens with two attached hydrogens (primary N) is 1. The summed E-state index contributed by atoms with van der Waals surface area (Å²) in [6, 6.07) is 10.3. The quantitative estimate of drug-likeness (QED) is 0.189. The second-order valence-electron chi connectivity index (χ2n) is 8.63. The van der Waals surface area contributed by atoms with Crippen LogP contribution in [0.3, 0.4) is 0 Å². The second kappa shape index (κ2) is 13.7. The number of carbonyl (C=O) groups is 3. The third-order valence-corrected chi connectivity index (χ3v) is 6.38. The SMILES string of the molecule is CCOc1cc(C(=O)OC)ccc1-c1cc(C(CC(N)=O)NC(=O)/C=C/c2cc(Cl)ccc2-n2cnnn2)c(Cl)nn1. The van der Waals surface area contributed by atoms with E-state index in [1.165, 1.54) is 36.3 Å². The summed E-state index contributed by atoms with van der Waals surface area (Å²) >= 11 is 12.5. The monoisotopic (exact) mass is 610 g/mol. The highest BCUT2D eigenvalue weighted by atomic mass is 35.5. The molecule has 0 aliphatic carbocycles. The average Bonchev–Trinajstić information content (AvgIpc) is 3.50. The van der Waals surface area contributed by atoms with Crippen LogP contribution in [0.2, 0.25) is 10.2 Å². The number of hydrogen-bond acceptors (Lipinski definition) is 10. The highest BCUT2D eigenvalue weighted by molar-refractivity contribution is 6.31. The molecule has 0 spiro atoms. The molecule has 0 radical (unpaired) electrons. The molecule has 216 valence electrons. The molecule has 4 aromatic rings. The summed E-state index contributed by atoms with van der Waals surface area (Å²) < 4.78 is 11.9. The Morgan fingerprint density at radius 2 is 1.93 bits per heavy atom. The highest BCUT2D eigenvalue weighted by Gasteiger charge is 2.23. The van der Waals surface area contributed by atoms with Crippen molar-refractivity contribution in [2.24, 2.45) is 5.73 Å². The first-order valence-electron chi connectivity index (χ1n) is 12.4. The molecule has 1 unspecified atom stereocenters. The topological polar surface area (TPSA) is 177 Å². The number of benzene rings is 2. The second-order valence-corrected chi connectivity index (χ2v) is 9.43. The van der Waals surface area contributed by atoms with Gasteiger partial charge in [-0.2, -0.15) is 4.68 Å². The van der Waals surface area contributed by atoms with Crippen molar-refractivity contribution in [1.82, 2.24) is 35.7 Å². The van der Waals surface area contributed by atoms with Gasteiger partial charge >= 0.3 is 5.97 Å². The van der Waals surface area contributed by atoms with Crippen LogP contribution in [-0.2, 0) is 14.3 Å². The Hall–Kier alpha value is -4.88. The normalized spacial score (nSPS) is 11.7. The molecule has 2 aromatic carbocycles. The predicted octanol–water partition coefficient (Wildman–Crippen LogP) is 3.36. The Labute approximate surface area is 249 Å². The van der Waals surface area contributed by atoms with E-state index in [9.17, 15) is 14.4 Å². The number of hydrogen-bond donors (Lipinski definition) is 2. The maximum atomic E-state index is 13.0. The Bertz CT molecular complexity index is 1650. The zero-order valence-electron chi connectivity index (χ0n) is 22.3. The van der Waals surface area contributed by atoms with E-state index < -0.39 is 23.8 Å². The lowest BCUT2D eigenvalue weighted by molar-refractivity contribution is -0.119. The molecule has 15 heteroatoms. The maximum Gasteiger partial charge on any atom is 0.337 e. The molecule has 0 bridgehead atoms. The molecule has 13 nitrogen and oxygen atoms in total. The third kappa shape index (κ3) is 7.25. The minimum atomic E-state index is -0.954. The Morgan fingerprint density at radius 1 is 1.12 bits per heavy atom.